The first-order valence-corrected chi connectivity index (χ1v) is 4.35. The van der Waals surface area contributed by atoms with Crippen molar-refractivity contribution in [1.29, 1.82) is 0 Å². The standard InChI is InChI=1S/C11H13N2/c1-12-8-4-3-6-10(12)11-7-5-9-13(11)2/h3-9H,1-2H3/q+1. The zero-order valence-corrected chi connectivity index (χ0v) is 7.94. The van der Waals surface area contributed by atoms with Crippen LogP contribution in [0.2, 0.25) is 0 Å². The number of rotatable bonds is 1. The van der Waals surface area contributed by atoms with Crippen molar-refractivity contribution >= 4 is 0 Å². The zero-order chi connectivity index (χ0) is 9.26. The molecule has 0 unspecified atom stereocenters. The van der Waals surface area contributed by atoms with Crippen LogP contribution >= 0.6 is 0 Å². The molecule has 0 aromatic carbocycles. The number of aromatic nitrogens is 2. The van der Waals surface area contributed by atoms with Crippen LogP contribution in [0.1, 0.15) is 0 Å². The third-order valence-electron chi connectivity index (χ3n) is 2.26. The van der Waals surface area contributed by atoms with Gasteiger partial charge in [0.2, 0.25) is 5.69 Å². The highest BCUT2D eigenvalue weighted by molar-refractivity contribution is 5.51. The second kappa shape index (κ2) is 3.05. The van der Waals surface area contributed by atoms with Crippen molar-refractivity contribution < 1.29 is 4.57 Å². The summed E-state index contributed by atoms with van der Waals surface area (Å²) in [5.74, 6) is 0. The molecule has 2 heteroatoms. The van der Waals surface area contributed by atoms with Gasteiger partial charge >= 0.3 is 0 Å². The van der Waals surface area contributed by atoms with E-state index >= 15 is 0 Å². The second-order valence-corrected chi connectivity index (χ2v) is 3.20. The van der Waals surface area contributed by atoms with E-state index in [0.29, 0.717) is 0 Å². The van der Waals surface area contributed by atoms with Crippen LogP contribution in [0, 0.1) is 0 Å². The molecule has 0 atom stereocenters. The quantitative estimate of drug-likeness (QED) is 0.578. The third kappa shape index (κ3) is 1.35. The largest absolute Gasteiger partial charge is 0.346 e. The van der Waals surface area contributed by atoms with E-state index in [1.165, 1.54) is 11.4 Å². The number of nitrogens with zero attached hydrogens (tertiary/aromatic N) is 2. The minimum absolute atomic E-state index is 1.23. The van der Waals surface area contributed by atoms with Crippen LogP contribution in [0.5, 0.6) is 0 Å². The molecule has 0 spiro atoms. The lowest BCUT2D eigenvalue weighted by atomic mass is 10.2. The summed E-state index contributed by atoms with van der Waals surface area (Å²) in [6, 6.07) is 10.4. The Bertz CT molecular complexity index is 416. The number of aryl methyl sites for hydroxylation is 2. The molecule has 0 saturated heterocycles. The van der Waals surface area contributed by atoms with Gasteiger partial charge in [-0.2, -0.15) is 4.57 Å². The Kier molecular flexibility index (Phi) is 1.89. The Balaban J connectivity index is 2.59. The highest BCUT2D eigenvalue weighted by Crippen LogP contribution is 2.13. The molecule has 2 rings (SSSR count). The van der Waals surface area contributed by atoms with Crippen LogP contribution in [-0.4, -0.2) is 4.57 Å². The van der Waals surface area contributed by atoms with E-state index in [2.05, 4.69) is 59.9 Å². The number of hydrogen-bond donors (Lipinski definition) is 0. The van der Waals surface area contributed by atoms with Gasteiger partial charge in [-0.25, -0.2) is 0 Å². The Hall–Kier alpha value is -1.57. The highest BCUT2D eigenvalue weighted by Gasteiger charge is 2.09. The normalized spacial score (nSPS) is 10.3. The molecule has 66 valence electrons. The Morgan fingerprint density at radius 1 is 1.15 bits per heavy atom. The molecule has 0 saturated carbocycles. The fourth-order valence-corrected chi connectivity index (χ4v) is 1.52. The molecule has 2 heterocycles. The van der Waals surface area contributed by atoms with Gasteiger partial charge in [0.05, 0.1) is 0 Å². The predicted octanol–water partition coefficient (Wildman–Crippen LogP) is 1.52. The first kappa shape index (κ1) is 8.05. The van der Waals surface area contributed by atoms with Crippen molar-refractivity contribution in [2.45, 2.75) is 0 Å². The smallest absolute Gasteiger partial charge is 0.228 e. The van der Waals surface area contributed by atoms with Gasteiger partial charge in [0.25, 0.3) is 0 Å². The predicted molar refractivity (Wildman–Crippen MR) is 52.0 cm³/mol. The van der Waals surface area contributed by atoms with Crippen molar-refractivity contribution in [3.05, 3.63) is 42.7 Å². The second-order valence-electron chi connectivity index (χ2n) is 3.20. The molecular formula is C11H13N2+. The molecule has 0 radical (unpaired) electrons. The minimum Gasteiger partial charge on any atom is -0.346 e. The van der Waals surface area contributed by atoms with Crippen molar-refractivity contribution in [2.24, 2.45) is 14.1 Å². The molecule has 0 amide bonds. The summed E-state index contributed by atoms with van der Waals surface area (Å²) in [5.41, 5.74) is 2.47. The van der Waals surface area contributed by atoms with Crippen LogP contribution in [0.15, 0.2) is 42.7 Å². The monoisotopic (exact) mass is 173 g/mol. The van der Waals surface area contributed by atoms with E-state index in [1.807, 2.05) is 6.07 Å². The first-order chi connectivity index (χ1) is 6.29. The molecule has 2 aromatic heterocycles. The zero-order valence-electron chi connectivity index (χ0n) is 7.94. The summed E-state index contributed by atoms with van der Waals surface area (Å²) in [6.07, 6.45) is 4.12. The summed E-state index contributed by atoms with van der Waals surface area (Å²) in [4.78, 5) is 0. The Labute approximate surface area is 78.1 Å². The summed E-state index contributed by atoms with van der Waals surface area (Å²) >= 11 is 0. The summed E-state index contributed by atoms with van der Waals surface area (Å²) < 4.78 is 4.24. The average Bonchev–Trinajstić information content (AvgIpc) is 2.52. The molecule has 2 nitrogen and oxygen atoms in total. The lowest BCUT2D eigenvalue weighted by molar-refractivity contribution is -0.660. The van der Waals surface area contributed by atoms with Gasteiger partial charge in [0.1, 0.15) is 12.7 Å². The van der Waals surface area contributed by atoms with Gasteiger partial charge < -0.3 is 4.57 Å². The van der Waals surface area contributed by atoms with Gasteiger partial charge in [-0.05, 0) is 18.2 Å². The van der Waals surface area contributed by atoms with Crippen LogP contribution in [0.4, 0.5) is 0 Å². The Morgan fingerprint density at radius 3 is 2.62 bits per heavy atom. The van der Waals surface area contributed by atoms with E-state index < -0.39 is 0 Å². The van der Waals surface area contributed by atoms with Crippen LogP contribution in [0.3, 0.4) is 0 Å². The average molecular weight is 173 g/mol. The van der Waals surface area contributed by atoms with Crippen molar-refractivity contribution in [2.75, 3.05) is 0 Å². The Morgan fingerprint density at radius 2 is 2.00 bits per heavy atom. The number of pyridine rings is 1. The van der Waals surface area contributed by atoms with Crippen molar-refractivity contribution in [3.8, 4) is 11.4 Å². The first-order valence-electron chi connectivity index (χ1n) is 4.35. The fourth-order valence-electron chi connectivity index (χ4n) is 1.52. The molecule has 0 bridgehead atoms. The maximum Gasteiger partial charge on any atom is 0.228 e. The van der Waals surface area contributed by atoms with Gasteiger partial charge in [0, 0.05) is 25.4 Å². The van der Waals surface area contributed by atoms with E-state index in [0.717, 1.165) is 0 Å². The molecule has 0 N–H and O–H groups in total. The van der Waals surface area contributed by atoms with Crippen molar-refractivity contribution in [1.82, 2.24) is 4.57 Å². The lowest BCUT2D eigenvalue weighted by Crippen LogP contribution is -2.30. The van der Waals surface area contributed by atoms with Crippen LogP contribution < -0.4 is 4.57 Å². The van der Waals surface area contributed by atoms with E-state index in [1.54, 1.807) is 0 Å². The molecule has 0 fully saturated rings. The number of hydrogen-bond acceptors (Lipinski definition) is 0. The fraction of sp³-hybridized carbons (Fsp3) is 0.182. The van der Waals surface area contributed by atoms with E-state index in [-0.39, 0.29) is 0 Å². The van der Waals surface area contributed by atoms with E-state index in [4.69, 9.17) is 0 Å². The van der Waals surface area contributed by atoms with Gasteiger partial charge in [-0.15, -0.1) is 0 Å². The molecule has 0 aliphatic rings. The van der Waals surface area contributed by atoms with Gasteiger partial charge in [0.15, 0.2) is 6.20 Å². The van der Waals surface area contributed by atoms with Crippen LogP contribution in [0.25, 0.3) is 11.4 Å². The molecule has 2 aromatic rings. The maximum absolute atomic E-state index is 2.12. The van der Waals surface area contributed by atoms with Gasteiger partial charge in [-0.1, -0.05) is 0 Å². The molecule has 13 heavy (non-hydrogen) atoms. The summed E-state index contributed by atoms with van der Waals surface area (Å²) in [5, 5.41) is 0. The minimum atomic E-state index is 1.23. The lowest BCUT2D eigenvalue weighted by Gasteiger charge is -2.00. The maximum atomic E-state index is 2.12. The van der Waals surface area contributed by atoms with E-state index in [9.17, 15) is 0 Å². The molecule has 0 aliphatic heterocycles. The highest BCUT2D eigenvalue weighted by atomic mass is 15.0. The SMILES string of the molecule is Cn1cccc1-c1cccc[n+]1C. The van der Waals surface area contributed by atoms with Gasteiger partial charge in [-0.3, -0.25) is 0 Å². The summed E-state index contributed by atoms with van der Waals surface area (Å²) in [7, 11) is 4.12. The topological polar surface area (TPSA) is 8.81 Å². The van der Waals surface area contributed by atoms with Crippen molar-refractivity contribution in [3.63, 3.8) is 0 Å². The van der Waals surface area contributed by atoms with Crippen LogP contribution in [-0.2, 0) is 14.1 Å². The third-order valence-corrected chi connectivity index (χ3v) is 2.26. The summed E-state index contributed by atoms with van der Waals surface area (Å²) in [6.45, 7) is 0. The molecular weight excluding hydrogens is 160 g/mol. The molecule has 0 aliphatic carbocycles.